The maximum atomic E-state index is 7.16. The first-order valence-electron chi connectivity index (χ1n) is 17.4. The SMILES string of the molecule is c1ccc(-c2cc(-c3ccccc3)nc(-c3cccc4c3oc3c5c(ccc34)C3(c4ccccc4S5)c4ccccc4-c4ccccc43)c2)cc1. The minimum atomic E-state index is -0.448. The summed E-state index contributed by atoms with van der Waals surface area (Å²) in [6.45, 7) is 0. The van der Waals surface area contributed by atoms with E-state index >= 15 is 0 Å². The van der Waals surface area contributed by atoms with E-state index in [4.69, 9.17) is 9.40 Å². The van der Waals surface area contributed by atoms with E-state index in [1.165, 1.54) is 43.2 Å². The molecule has 51 heavy (non-hydrogen) atoms. The third-order valence-electron chi connectivity index (χ3n) is 10.8. The molecule has 0 unspecified atom stereocenters. The van der Waals surface area contributed by atoms with Crippen LogP contribution < -0.4 is 0 Å². The van der Waals surface area contributed by atoms with Crippen LogP contribution in [0.2, 0.25) is 0 Å². The van der Waals surface area contributed by atoms with Crippen molar-refractivity contribution < 1.29 is 4.42 Å². The molecule has 9 aromatic rings. The minimum Gasteiger partial charge on any atom is -0.454 e. The van der Waals surface area contributed by atoms with Crippen LogP contribution in [-0.4, -0.2) is 4.98 Å². The van der Waals surface area contributed by atoms with Gasteiger partial charge in [-0.05, 0) is 68.8 Å². The van der Waals surface area contributed by atoms with Crippen molar-refractivity contribution in [2.45, 2.75) is 15.2 Å². The summed E-state index contributed by atoms with van der Waals surface area (Å²) in [7, 11) is 0. The van der Waals surface area contributed by atoms with Gasteiger partial charge in [-0.2, -0.15) is 0 Å². The molecule has 1 aliphatic carbocycles. The molecule has 2 aromatic heterocycles. The molecule has 11 rings (SSSR count). The zero-order chi connectivity index (χ0) is 33.5. The lowest BCUT2D eigenvalue weighted by Gasteiger charge is -2.39. The molecule has 1 spiro atoms. The topological polar surface area (TPSA) is 26.0 Å². The normalized spacial score (nSPS) is 13.6. The van der Waals surface area contributed by atoms with Crippen LogP contribution in [0.25, 0.3) is 66.7 Å². The first-order chi connectivity index (χ1) is 25.3. The molecule has 0 saturated carbocycles. The molecule has 0 fully saturated rings. The average molecular weight is 668 g/mol. The molecule has 2 aliphatic rings. The Hall–Kier alpha value is -6.16. The molecule has 0 N–H and O–H groups in total. The van der Waals surface area contributed by atoms with Crippen LogP contribution in [-0.2, 0) is 5.41 Å². The summed E-state index contributed by atoms with van der Waals surface area (Å²) in [5.74, 6) is 0. The molecule has 0 saturated heterocycles. The van der Waals surface area contributed by atoms with Gasteiger partial charge < -0.3 is 4.42 Å². The van der Waals surface area contributed by atoms with Crippen LogP contribution in [0.1, 0.15) is 22.3 Å². The fraction of sp³-hybridized carbons (Fsp3) is 0.0208. The summed E-state index contributed by atoms with van der Waals surface area (Å²) >= 11 is 1.83. The lowest BCUT2D eigenvalue weighted by Crippen LogP contribution is -2.31. The van der Waals surface area contributed by atoms with Crippen molar-refractivity contribution in [1.82, 2.24) is 4.98 Å². The fourth-order valence-corrected chi connectivity index (χ4v) is 9.87. The molecule has 0 bridgehead atoms. The Labute approximate surface area is 300 Å². The Kier molecular flexibility index (Phi) is 6.14. The van der Waals surface area contributed by atoms with Crippen LogP contribution in [0, 0.1) is 0 Å². The van der Waals surface area contributed by atoms with Gasteiger partial charge in [0, 0.05) is 26.8 Å². The number of furan rings is 1. The molecule has 0 atom stereocenters. The van der Waals surface area contributed by atoms with Gasteiger partial charge in [-0.25, -0.2) is 4.98 Å². The number of aromatic nitrogens is 1. The number of rotatable bonds is 3. The highest BCUT2D eigenvalue weighted by molar-refractivity contribution is 7.99. The maximum Gasteiger partial charge on any atom is 0.149 e. The van der Waals surface area contributed by atoms with Crippen LogP contribution in [0.4, 0.5) is 0 Å². The van der Waals surface area contributed by atoms with Gasteiger partial charge in [-0.3, -0.25) is 0 Å². The maximum absolute atomic E-state index is 7.16. The predicted molar refractivity (Wildman–Crippen MR) is 209 cm³/mol. The van der Waals surface area contributed by atoms with Crippen molar-refractivity contribution in [3.63, 3.8) is 0 Å². The van der Waals surface area contributed by atoms with Crippen molar-refractivity contribution in [3.8, 4) is 44.8 Å². The van der Waals surface area contributed by atoms with E-state index in [1.807, 2.05) is 17.8 Å². The van der Waals surface area contributed by atoms with Crippen LogP contribution in [0.15, 0.2) is 190 Å². The van der Waals surface area contributed by atoms with Crippen molar-refractivity contribution >= 4 is 33.7 Å². The highest BCUT2D eigenvalue weighted by Gasteiger charge is 2.50. The standard InChI is InChI=1S/C48H29NOS/c1-3-14-30(15-4-1)32-28-42(31-16-5-2-6-17-31)49-43(29-32)37-21-13-20-35-36-26-27-41-47(46(36)50-45(35)37)51-44-25-12-11-24-40(44)48(41)38-22-9-7-18-33(38)34-19-8-10-23-39(34)48/h1-29H. The zero-order valence-corrected chi connectivity index (χ0v) is 28.3. The Bertz CT molecular complexity index is 2730. The van der Waals surface area contributed by atoms with Gasteiger partial charge in [0.25, 0.3) is 0 Å². The molecular formula is C48H29NOS. The van der Waals surface area contributed by atoms with Crippen molar-refractivity contribution in [3.05, 3.63) is 198 Å². The first kappa shape index (κ1) is 28.7. The first-order valence-corrected chi connectivity index (χ1v) is 18.2. The summed E-state index contributed by atoms with van der Waals surface area (Å²) in [4.78, 5) is 7.72. The summed E-state index contributed by atoms with van der Waals surface area (Å²) < 4.78 is 7.16. The van der Waals surface area contributed by atoms with E-state index in [0.717, 1.165) is 55.6 Å². The third kappa shape index (κ3) is 4.04. The van der Waals surface area contributed by atoms with Crippen molar-refractivity contribution in [2.75, 3.05) is 0 Å². The van der Waals surface area contributed by atoms with Gasteiger partial charge in [-0.15, -0.1) is 0 Å². The van der Waals surface area contributed by atoms with Crippen LogP contribution in [0.3, 0.4) is 0 Å². The summed E-state index contributed by atoms with van der Waals surface area (Å²) in [6.07, 6.45) is 0. The monoisotopic (exact) mass is 667 g/mol. The number of benzene rings is 7. The van der Waals surface area contributed by atoms with Gasteiger partial charge in [-0.1, -0.05) is 163 Å². The number of pyridine rings is 1. The summed E-state index contributed by atoms with van der Waals surface area (Å²) in [6, 6.07) is 63.3. The number of para-hydroxylation sites is 1. The second-order valence-electron chi connectivity index (χ2n) is 13.4. The van der Waals surface area contributed by atoms with Crippen molar-refractivity contribution in [1.29, 1.82) is 0 Å². The van der Waals surface area contributed by atoms with E-state index in [9.17, 15) is 0 Å². The molecule has 3 heteroatoms. The summed E-state index contributed by atoms with van der Waals surface area (Å²) in [5, 5.41) is 2.22. The molecule has 2 nitrogen and oxygen atoms in total. The van der Waals surface area contributed by atoms with Crippen LogP contribution >= 0.6 is 11.8 Å². The molecule has 238 valence electrons. The highest BCUT2D eigenvalue weighted by atomic mass is 32.2. The number of hydrogen-bond donors (Lipinski definition) is 0. The Morgan fingerprint density at radius 2 is 1.00 bits per heavy atom. The zero-order valence-electron chi connectivity index (χ0n) is 27.5. The number of fused-ring (bicyclic) bond motifs is 13. The lowest BCUT2D eigenvalue weighted by molar-refractivity contribution is 0.649. The molecule has 3 heterocycles. The number of nitrogens with zero attached hydrogens (tertiary/aromatic N) is 1. The second kappa shape index (κ2) is 10.9. The molecule has 0 amide bonds. The van der Waals surface area contributed by atoms with Gasteiger partial charge >= 0.3 is 0 Å². The quantitative estimate of drug-likeness (QED) is 0.188. The number of hydrogen-bond acceptors (Lipinski definition) is 3. The van der Waals surface area contributed by atoms with Crippen molar-refractivity contribution in [2.24, 2.45) is 0 Å². The lowest BCUT2D eigenvalue weighted by atomic mass is 9.67. The van der Waals surface area contributed by atoms with Gasteiger partial charge in [0.1, 0.15) is 11.2 Å². The fourth-order valence-electron chi connectivity index (χ4n) is 8.59. The molecular weight excluding hydrogens is 639 g/mol. The second-order valence-corrected chi connectivity index (χ2v) is 14.5. The molecule has 1 aliphatic heterocycles. The van der Waals surface area contributed by atoms with Gasteiger partial charge in [0.05, 0.1) is 21.7 Å². The smallest absolute Gasteiger partial charge is 0.149 e. The van der Waals surface area contributed by atoms with E-state index in [-0.39, 0.29) is 0 Å². The Morgan fingerprint density at radius 1 is 0.412 bits per heavy atom. The Morgan fingerprint density at radius 3 is 1.75 bits per heavy atom. The van der Waals surface area contributed by atoms with Gasteiger partial charge in [0.15, 0.2) is 0 Å². The van der Waals surface area contributed by atoms with Gasteiger partial charge in [0.2, 0.25) is 0 Å². The van der Waals surface area contributed by atoms with Crippen LogP contribution in [0.5, 0.6) is 0 Å². The molecule has 0 radical (unpaired) electrons. The third-order valence-corrected chi connectivity index (χ3v) is 11.9. The highest BCUT2D eigenvalue weighted by Crippen LogP contribution is 2.63. The minimum absolute atomic E-state index is 0.448. The van der Waals surface area contributed by atoms with E-state index in [0.29, 0.717) is 0 Å². The van der Waals surface area contributed by atoms with E-state index in [2.05, 4.69) is 170 Å². The largest absolute Gasteiger partial charge is 0.454 e. The van der Waals surface area contributed by atoms with E-state index < -0.39 is 5.41 Å². The Balaban J connectivity index is 1.19. The summed E-state index contributed by atoms with van der Waals surface area (Å²) in [5.41, 5.74) is 15.4. The van der Waals surface area contributed by atoms with E-state index in [1.54, 1.807) is 0 Å². The average Bonchev–Trinajstić information content (AvgIpc) is 3.73. The predicted octanol–water partition coefficient (Wildman–Crippen LogP) is 12.8. The molecule has 7 aromatic carbocycles.